The molecule has 0 saturated heterocycles. The molecular weight excluding hydrogens is 270 g/mol. The predicted molar refractivity (Wildman–Crippen MR) is 72.6 cm³/mol. The Kier molecular flexibility index (Phi) is 4.10. The molecule has 0 unspecified atom stereocenters. The second kappa shape index (κ2) is 5.46. The number of nitrogens with zero attached hydrogens (tertiary/aromatic N) is 2. The molecule has 1 aromatic heterocycles. The second-order valence-electron chi connectivity index (χ2n) is 4.94. The molecule has 0 spiro atoms. The minimum absolute atomic E-state index is 0.292. The van der Waals surface area contributed by atoms with Crippen molar-refractivity contribution in [1.29, 1.82) is 0 Å². The molecule has 19 heavy (non-hydrogen) atoms. The van der Waals surface area contributed by atoms with Crippen LogP contribution >= 0.6 is 11.8 Å². The Labute approximate surface area is 114 Å². The number of hydrogen-bond donors (Lipinski definition) is 1. The van der Waals surface area contributed by atoms with Gasteiger partial charge >= 0.3 is 6.55 Å². The van der Waals surface area contributed by atoms with Crippen LogP contribution < -0.4 is 0 Å². The first-order valence-electron chi connectivity index (χ1n) is 5.99. The van der Waals surface area contributed by atoms with Crippen LogP contribution in [0.25, 0.3) is 11.0 Å². The number of aliphatic hydroxyl groups is 1. The zero-order chi connectivity index (χ0) is 14.0. The van der Waals surface area contributed by atoms with Crippen LogP contribution in [0.5, 0.6) is 0 Å². The fourth-order valence-electron chi connectivity index (χ4n) is 1.70. The standard InChI is InChI=1S/C13H16F2N2OS/c1-13(2,18)7-8-19-12-16-9-5-3-4-6-10(9)17(12)11(14)15/h3-6,11,18H,7-8H2,1-2H3. The molecule has 0 aliphatic heterocycles. The van der Waals surface area contributed by atoms with E-state index in [2.05, 4.69) is 4.98 Å². The van der Waals surface area contributed by atoms with Gasteiger partial charge in [-0.15, -0.1) is 0 Å². The molecule has 104 valence electrons. The lowest BCUT2D eigenvalue weighted by molar-refractivity contribution is 0.0655. The third-order valence-electron chi connectivity index (χ3n) is 2.70. The highest BCUT2D eigenvalue weighted by atomic mass is 32.2. The van der Waals surface area contributed by atoms with Crippen molar-refractivity contribution in [1.82, 2.24) is 9.55 Å². The SMILES string of the molecule is CC(C)(O)CCSc1nc2ccccc2n1C(F)F. The quantitative estimate of drug-likeness (QED) is 0.852. The summed E-state index contributed by atoms with van der Waals surface area (Å²) in [5.41, 5.74) is 0.200. The third-order valence-corrected chi connectivity index (χ3v) is 3.66. The number of aromatic nitrogens is 2. The number of fused-ring (bicyclic) bond motifs is 1. The van der Waals surface area contributed by atoms with E-state index in [0.29, 0.717) is 28.4 Å². The summed E-state index contributed by atoms with van der Waals surface area (Å²) in [4.78, 5) is 4.22. The Bertz CT molecular complexity index is 563. The van der Waals surface area contributed by atoms with E-state index in [1.165, 1.54) is 11.8 Å². The number of rotatable bonds is 5. The smallest absolute Gasteiger partial charge is 0.321 e. The number of para-hydroxylation sites is 2. The van der Waals surface area contributed by atoms with Crippen molar-refractivity contribution >= 4 is 22.8 Å². The Morgan fingerprint density at radius 3 is 2.68 bits per heavy atom. The molecular formula is C13H16F2N2OS. The summed E-state index contributed by atoms with van der Waals surface area (Å²) < 4.78 is 27.2. The van der Waals surface area contributed by atoms with Crippen LogP contribution in [-0.2, 0) is 0 Å². The van der Waals surface area contributed by atoms with Gasteiger partial charge in [-0.3, -0.25) is 4.57 Å². The van der Waals surface area contributed by atoms with Gasteiger partial charge in [-0.25, -0.2) is 4.98 Å². The molecule has 0 aliphatic carbocycles. The molecule has 0 fully saturated rings. The van der Waals surface area contributed by atoms with E-state index in [1.807, 2.05) is 0 Å². The van der Waals surface area contributed by atoms with Crippen molar-refractivity contribution in [3.05, 3.63) is 24.3 Å². The minimum Gasteiger partial charge on any atom is -0.390 e. The molecule has 0 bridgehead atoms. The second-order valence-corrected chi connectivity index (χ2v) is 6.00. The zero-order valence-electron chi connectivity index (χ0n) is 10.8. The van der Waals surface area contributed by atoms with Crippen molar-refractivity contribution in [2.24, 2.45) is 0 Å². The Morgan fingerprint density at radius 2 is 2.05 bits per heavy atom. The summed E-state index contributed by atoms with van der Waals surface area (Å²) in [5, 5.41) is 9.92. The van der Waals surface area contributed by atoms with Crippen LogP contribution in [0.2, 0.25) is 0 Å². The van der Waals surface area contributed by atoms with Crippen LogP contribution in [0, 0.1) is 0 Å². The molecule has 2 rings (SSSR count). The summed E-state index contributed by atoms with van der Waals surface area (Å²) in [6.07, 6.45) is 0.518. The monoisotopic (exact) mass is 286 g/mol. The van der Waals surface area contributed by atoms with Crippen LogP contribution in [0.3, 0.4) is 0 Å². The molecule has 0 radical (unpaired) electrons. The molecule has 0 saturated carbocycles. The molecule has 0 atom stereocenters. The minimum atomic E-state index is -2.61. The molecule has 1 heterocycles. The fourth-order valence-corrected chi connectivity index (χ4v) is 2.97. The number of halogens is 2. The van der Waals surface area contributed by atoms with E-state index in [4.69, 9.17) is 0 Å². The summed E-state index contributed by atoms with van der Waals surface area (Å²) in [6.45, 7) is 0.782. The van der Waals surface area contributed by atoms with Crippen LogP contribution in [0.1, 0.15) is 26.8 Å². The lowest BCUT2D eigenvalue weighted by atomic mass is 10.1. The van der Waals surface area contributed by atoms with Gasteiger partial charge < -0.3 is 5.11 Å². The van der Waals surface area contributed by atoms with Gasteiger partial charge in [-0.1, -0.05) is 23.9 Å². The molecule has 0 aliphatic rings. The van der Waals surface area contributed by atoms with Crippen molar-refractivity contribution in [3.8, 4) is 0 Å². The van der Waals surface area contributed by atoms with E-state index in [9.17, 15) is 13.9 Å². The van der Waals surface area contributed by atoms with Gasteiger partial charge in [0.2, 0.25) is 0 Å². The van der Waals surface area contributed by atoms with Gasteiger partial charge in [0.05, 0.1) is 16.6 Å². The lowest BCUT2D eigenvalue weighted by Crippen LogP contribution is -2.19. The number of alkyl halides is 2. The third kappa shape index (κ3) is 3.45. The fraction of sp³-hybridized carbons (Fsp3) is 0.462. The average Bonchev–Trinajstić information content (AvgIpc) is 2.65. The van der Waals surface area contributed by atoms with Gasteiger partial charge in [0.1, 0.15) is 0 Å². The van der Waals surface area contributed by atoms with E-state index in [1.54, 1.807) is 38.1 Å². The van der Waals surface area contributed by atoms with E-state index >= 15 is 0 Å². The maximum atomic E-state index is 13.1. The first-order chi connectivity index (χ1) is 8.88. The van der Waals surface area contributed by atoms with E-state index in [-0.39, 0.29) is 0 Å². The molecule has 1 aromatic carbocycles. The highest BCUT2D eigenvalue weighted by Gasteiger charge is 2.19. The van der Waals surface area contributed by atoms with Crippen LogP contribution in [-0.4, -0.2) is 26.0 Å². The van der Waals surface area contributed by atoms with Gasteiger partial charge in [0, 0.05) is 5.75 Å². The largest absolute Gasteiger partial charge is 0.390 e. The first-order valence-corrected chi connectivity index (χ1v) is 6.97. The van der Waals surface area contributed by atoms with Crippen molar-refractivity contribution in [2.75, 3.05) is 5.75 Å². The maximum Gasteiger partial charge on any atom is 0.321 e. The number of benzene rings is 1. The first kappa shape index (κ1) is 14.3. The highest BCUT2D eigenvalue weighted by Crippen LogP contribution is 2.30. The van der Waals surface area contributed by atoms with Crippen LogP contribution in [0.15, 0.2) is 29.4 Å². The molecule has 6 heteroatoms. The molecule has 2 aromatic rings. The molecule has 1 N–H and O–H groups in total. The van der Waals surface area contributed by atoms with Crippen LogP contribution in [0.4, 0.5) is 8.78 Å². The predicted octanol–water partition coefficient (Wildman–Crippen LogP) is 3.68. The number of thioether (sulfide) groups is 1. The topological polar surface area (TPSA) is 38.1 Å². The van der Waals surface area contributed by atoms with E-state index < -0.39 is 12.2 Å². The normalized spacial score (nSPS) is 12.5. The average molecular weight is 286 g/mol. The van der Waals surface area contributed by atoms with Crippen molar-refractivity contribution in [3.63, 3.8) is 0 Å². The van der Waals surface area contributed by atoms with Gasteiger partial charge in [-0.2, -0.15) is 8.78 Å². The van der Waals surface area contributed by atoms with E-state index in [0.717, 1.165) is 4.57 Å². The highest BCUT2D eigenvalue weighted by molar-refractivity contribution is 7.99. The Balaban J connectivity index is 2.24. The summed E-state index contributed by atoms with van der Waals surface area (Å²) >= 11 is 1.24. The summed E-state index contributed by atoms with van der Waals surface area (Å²) in [5.74, 6) is 0.541. The number of hydrogen-bond acceptors (Lipinski definition) is 3. The Hall–Kier alpha value is -1.14. The zero-order valence-corrected chi connectivity index (χ0v) is 11.6. The molecule has 3 nitrogen and oxygen atoms in total. The maximum absolute atomic E-state index is 13.1. The summed E-state index contributed by atoms with van der Waals surface area (Å²) in [6, 6.07) is 6.84. The van der Waals surface area contributed by atoms with Crippen molar-refractivity contribution < 1.29 is 13.9 Å². The van der Waals surface area contributed by atoms with Gasteiger partial charge in [-0.05, 0) is 32.4 Å². The molecule has 0 amide bonds. The van der Waals surface area contributed by atoms with Gasteiger partial charge in [0.15, 0.2) is 5.16 Å². The Morgan fingerprint density at radius 1 is 1.37 bits per heavy atom. The van der Waals surface area contributed by atoms with Gasteiger partial charge in [0.25, 0.3) is 0 Å². The summed E-state index contributed by atoms with van der Waals surface area (Å²) in [7, 11) is 0. The lowest BCUT2D eigenvalue weighted by Gasteiger charge is -2.16. The number of imidazole rings is 1. The van der Waals surface area contributed by atoms with Crippen molar-refractivity contribution in [2.45, 2.75) is 37.6 Å².